The van der Waals surface area contributed by atoms with Gasteiger partial charge < -0.3 is 10.1 Å². The van der Waals surface area contributed by atoms with Crippen molar-refractivity contribution in [2.45, 2.75) is 43.9 Å². The Balaban J connectivity index is 2.33. The van der Waals surface area contributed by atoms with Crippen molar-refractivity contribution in [2.24, 2.45) is 5.41 Å². The Morgan fingerprint density at radius 1 is 1.44 bits per heavy atom. The molecule has 94 valence electrons. The second-order valence-electron chi connectivity index (χ2n) is 4.88. The molecule has 1 N–H and O–H groups in total. The third-order valence-corrected chi connectivity index (χ3v) is 3.92. The largest absolute Gasteiger partial charge is 0.383 e. The quantitative estimate of drug-likeness (QED) is 0.791. The molecule has 0 aromatic heterocycles. The predicted molar refractivity (Wildman–Crippen MR) is 68.8 cm³/mol. The van der Waals surface area contributed by atoms with Crippen LogP contribution in [-0.4, -0.2) is 31.0 Å². The minimum absolute atomic E-state index is 0.141. The molecule has 3 nitrogen and oxygen atoms in total. The molecule has 0 spiro atoms. The molecule has 0 saturated heterocycles. The Morgan fingerprint density at radius 2 is 2.06 bits per heavy atom. The van der Waals surface area contributed by atoms with E-state index in [1.807, 2.05) is 0 Å². The molecule has 0 aliphatic heterocycles. The summed E-state index contributed by atoms with van der Waals surface area (Å²) in [6.45, 7) is 3.35. The lowest BCUT2D eigenvalue weighted by Crippen LogP contribution is -2.42. The van der Waals surface area contributed by atoms with Crippen LogP contribution in [0, 0.1) is 5.41 Å². The molecule has 1 aliphatic carbocycles. The molecule has 0 aromatic rings. The summed E-state index contributed by atoms with van der Waals surface area (Å²) in [4.78, 5) is 12.3. The maximum atomic E-state index is 12.1. The lowest BCUT2D eigenvalue weighted by atomic mass is 9.75. The highest BCUT2D eigenvalue weighted by molar-refractivity contribution is 9.09. The van der Waals surface area contributed by atoms with Gasteiger partial charge in [-0.2, -0.15) is 0 Å². The summed E-state index contributed by atoms with van der Waals surface area (Å²) in [6.07, 6.45) is 5.68. The van der Waals surface area contributed by atoms with E-state index in [0.29, 0.717) is 13.2 Å². The van der Waals surface area contributed by atoms with Crippen LogP contribution in [-0.2, 0) is 9.53 Å². The van der Waals surface area contributed by atoms with Crippen LogP contribution in [0.4, 0.5) is 0 Å². The number of carbonyl (C=O) groups excluding carboxylic acids is 1. The Kier molecular flexibility index (Phi) is 5.76. The van der Waals surface area contributed by atoms with E-state index in [1.165, 1.54) is 19.3 Å². The SMILES string of the molecule is COCC(Br)CNC(=O)C1(C)CCCCC1. The van der Waals surface area contributed by atoms with Gasteiger partial charge in [0.1, 0.15) is 0 Å². The van der Waals surface area contributed by atoms with Gasteiger partial charge in [0, 0.05) is 19.1 Å². The lowest BCUT2D eigenvalue weighted by molar-refractivity contribution is -0.131. The highest BCUT2D eigenvalue weighted by Gasteiger charge is 2.34. The smallest absolute Gasteiger partial charge is 0.225 e. The van der Waals surface area contributed by atoms with Gasteiger partial charge in [0.05, 0.1) is 11.4 Å². The number of rotatable bonds is 5. The van der Waals surface area contributed by atoms with Crippen LogP contribution in [0.1, 0.15) is 39.0 Å². The molecule has 0 aromatic carbocycles. The number of hydrogen-bond donors (Lipinski definition) is 1. The number of amides is 1. The van der Waals surface area contributed by atoms with E-state index in [9.17, 15) is 4.79 Å². The zero-order valence-corrected chi connectivity index (χ0v) is 11.8. The van der Waals surface area contributed by atoms with E-state index in [1.54, 1.807) is 7.11 Å². The van der Waals surface area contributed by atoms with Crippen molar-refractivity contribution in [1.82, 2.24) is 5.32 Å². The Hall–Kier alpha value is -0.0900. The Morgan fingerprint density at radius 3 is 2.62 bits per heavy atom. The Labute approximate surface area is 106 Å². The predicted octanol–water partition coefficient (Wildman–Crippen LogP) is 2.48. The monoisotopic (exact) mass is 291 g/mol. The van der Waals surface area contributed by atoms with Crippen molar-refractivity contribution in [1.29, 1.82) is 0 Å². The minimum Gasteiger partial charge on any atom is -0.383 e. The molecule has 1 rings (SSSR count). The molecular formula is C12H22BrNO2. The zero-order valence-electron chi connectivity index (χ0n) is 10.2. The van der Waals surface area contributed by atoms with Crippen LogP contribution < -0.4 is 5.32 Å². The van der Waals surface area contributed by atoms with Crippen molar-refractivity contribution in [2.75, 3.05) is 20.3 Å². The molecule has 4 heteroatoms. The fraction of sp³-hybridized carbons (Fsp3) is 0.917. The van der Waals surface area contributed by atoms with Gasteiger partial charge in [-0.25, -0.2) is 0 Å². The Bertz CT molecular complexity index is 227. The topological polar surface area (TPSA) is 38.3 Å². The average Bonchev–Trinajstić information content (AvgIpc) is 2.27. The number of ether oxygens (including phenoxy) is 1. The number of hydrogen-bond acceptors (Lipinski definition) is 2. The number of carbonyl (C=O) groups is 1. The van der Waals surface area contributed by atoms with E-state index < -0.39 is 0 Å². The molecule has 1 aliphatic rings. The average molecular weight is 292 g/mol. The van der Waals surface area contributed by atoms with E-state index in [4.69, 9.17) is 4.74 Å². The highest BCUT2D eigenvalue weighted by atomic mass is 79.9. The second-order valence-corrected chi connectivity index (χ2v) is 6.18. The summed E-state index contributed by atoms with van der Waals surface area (Å²) in [7, 11) is 1.67. The van der Waals surface area contributed by atoms with Gasteiger partial charge in [0.2, 0.25) is 5.91 Å². The molecule has 1 saturated carbocycles. The number of alkyl halides is 1. The number of methoxy groups -OCH3 is 1. The number of halogens is 1. The molecule has 1 fully saturated rings. The molecular weight excluding hydrogens is 270 g/mol. The molecule has 16 heavy (non-hydrogen) atoms. The highest BCUT2D eigenvalue weighted by Crippen LogP contribution is 2.35. The van der Waals surface area contributed by atoms with Crippen molar-refractivity contribution >= 4 is 21.8 Å². The van der Waals surface area contributed by atoms with Crippen LogP contribution >= 0.6 is 15.9 Å². The summed E-state index contributed by atoms with van der Waals surface area (Å²) >= 11 is 3.47. The summed E-state index contributed by atoms with van der Waals surface area (Å²) < 4.78 is 5.01. The molecule has 0 radical (unpaired) electrons. The fourth-order valence-corrected chi connectivity index (χ4v) is 2.64. The first kappa shape index (κ1) is 14.0. The van der Waals surface area contributed by atoms with E-state index in [0.717, 1.165) is 12.8 Å². The molecule has 0 bridgehead atoms. The van der Waals surface area contributed by atoms with Crippen LogP contribution in [0.2, 0.25) is 0 Å². The van der Waals surface area contributed by atoms with Crippen molar-refractivity contribution in [3.63, 3.8) is 0 Å². The third kappa shape index (κ3) is 4.06. The fourth-order valence-electron chi connectivity index (χ4n) is 2.22. The summed E-state index contributed by atoms with van der Waals surface area (Å²) in [5.41, 5.74) is -0.141. The maximum Gasteiger partial charge on any atom is 0.225 e. The van der Waals surface area contributed by atoms with Gasteiger partial charge in [0.25, 0.3) is 0 Å². The van der Waals surface area contributed by atoms with Crippen LogP contribution in [0.15, 0.2) is 0 Å². The molecule has 0 heterocycles. The normalized spacial score (nSPS) is 21.4. The van der Waals surface area contributed by atoms with Gasteiger partial charge >= 0.3 is 0 Å². The van der Waals surface area contributed by atoms with Crippen molar-refractivity contribution in [3.05, 3.63) is 0 Å². The van der Waals surface area contributed by atoms with Crippen LogP contribution in [0.5, 0.6) is 0 Å². The first-order valence-electron chi connectivity index (χ1n) is 6.00. The first-order valence-corrected chi connectivity index (χ1v) is 6.91. The van der Waals surface area contributed by atoms with E-state index in [-0.39, 0.29) is 16.1 Å². The third-order valence-electron chi connectivity index (χ3n) is 3.34. The number of nitrogens with one attached hydrogen (secondary N) is 1. The molecule has 1 unspecified atom stereocenters. The van der Waals surface area contributed by atoms with Gasteiger partial charge in [-0.3, -0.25) is 4.79 Å². The molecule has 1 atom stereocenters. The van der Waals surface area contributed by atoms with Gasteiger partial charge in [-0.15, -0.1) is 0 Å². The molecule has 1 amide bonds. The van der Waals surface area contributed by atoms with Gasteiger partial charge in [-0.05, 0) is 12.8 Å². The van der Waals surface area contributed by atoms with Crippen molar-refractivity contribution < 1.29 is 9.53 Å². The second kappa shape index (κ2) is 6.60. The van der Waals surface area contributed by atoms with Gasteiger partial charge in [-0.1, -0.05) is 42.1 Å². The van der Waals surface area contributed by atoms with Crippen LogP contribution in [0.3, 0.4) is 0 Å². The lowest BCUT2D eigenvalue weighted by Gasteiger charge is -2.32. The first-order chi connectivity index (χ1) is 7.58. The van der Waals surface area contributed by atoms with Crippen molar-refractivity contribution in [3.8, 4) is 0 Å². The van der Waals surface area contributed by atoms with Crippen LogP contribution in [0.25, 0.3) is 0 Å². The van der Waals surface area contributed by atoms with E-state index >= 15 is 0 Å². The summed E-state index contributed by atoms with van der Waals surface area (Å²) in [6, 6.07) is 0. The summed E-state index contributed by atoms with van der Waals surface area (Å²) in [5.74, 6) is 0.202. The minimum atomic E-state index is -0.141. The standard InChI is InChI=1S/C12H22BrNO2/c1-12(6-4-3-5-7-12)11(15)14-8-10(13)9-16-2/h10H,3-9H2,1-2H3,(H,14,15). The van der Waals surface area contributed by atoms with Gasteiger partial charge in [0.15, 0.2) is 0 Å². The van der Waals surface area contributed by atoms with E-state index in [2.05, 4.69) is 28.2 Å². The zero-order chi connectivity index (χ0) is 12.0. The summed E-state index contributed by atoms with van der Waals surface area (Å²) in [5, 5.41) is 3.01. The maximum absolute atomic E-state index is 12.1.